The van der Waals surface area contributed by atoms with Crippen LogP contribution in [-0.4, -0.2) is 37.9 Å². The lowest BCUT2D eigenvalue weighted by molar-refractivity contribution is 0.0710. The predicted octanol–water partition coefficient (Wildman–Crippen LogP) is 1.14. The molecule has 0 aromatic carbocycles. The van der Waals surface area contributed by atoms with Crippen molar-refractivity contribution in [1.29, 1.82) is 0 Å². The lowest BCUT2D eigenvalue weighted by Crippen LogP contribution is -2.46. The van der Waals surface area contributed by atoms with E-state index in [1.807, 2.05) is 0 Å². The average molecular weight is 224 g/mol. The lowest BCUT2D eigenvalue weighted by atomic mass is 10.1. The van der Waals surface area contributed by atoms with Crippen molar-refractivity contribution < 1.29 is 4.74 Å². The van der Waals surface area contributed by atoms with Gasteiger partial charge < -0.3 is 15.4 Å². The van der Waals surface area contributed by atoms with Crippen molar-refractivity contribution in [3.8, 4) is 12.3 Å². The van der Waals surface area contributed by atoms with Gasteiger partial charge in [0.15, 0.2) is 0 Å². The fourth-order valence-electron chi connectivity index (χ4n) is 2.11. The van der Waals surface area contributed by atoms with E-state index in [4.69, 9.17) is 11.2 Å². The first-order chi connectivity index (χ1) is 7.76. The summed E-state index contributed by atoms with van der Waals surface area (Å²) in [6, 6.07) is 1.12. The van der Waals surface area contributed by atoms with Crippen molar-refractivity contribution in [2.24, 2.45) is 0 Å². The molecule has 1 saturated heterocycles. The number of hydrogen-bond donors (Lipinski definition) is 2. The van der Waals surface area contributed by atoms with Crippen LogP contribution in [0, 0.1) is 12.3 Å². The summed E-state index contributed by atoms with van der Waals surface area (Å²) < 4.78 is 5.43. The molecule has 0 spiro atoms. The lowest BCUT2D eigenvalue weighted by Gasteiger charge is -2.28. The van der Waals surface area contributed by atoms with Gasteiger partial charge in [-0.1, -0.05) is 19.3 Å². The Morgan fingerprint density at radius 2 is 2.44 bits per heavy atom. The molecule has 0 aromatic heterocycles. The molecule has 0 amide bonds. The Bertz CT molecular complexity index is 218. The molecule has 1 aliphatic heterocycles. The van der Waals surface area contributed by atoms with Gasteiger partial charge >= 0.3 is 0 Å². The minimum atomic E-state index is 0.213. The third kappa shape index (κ3) is 4.98. The highest BCUT2D eigenvalue weighted by Gasteiger charge is 2.17. The van der Waals surface area contributed by atoms with Crippen LogP contribution in [0.25, 0.3) is 0 Å². The molecular formula is C13H24N2O. The van der Waals surface area contributed by atoms with Crippen LogP contribution in [0.15, 0.2) is 0 Å². The van der Waals surface area contributed by atoms with Crippen molar-refractivity contribution in [2.45, 2.75) is 51.2 Å². The van der Waals surface area contributed by atoms with Gasteiger partial charge in [-0.25, -0.2) is 0 Å². The molecule has 3 heteroatoms. The molecule has 3 nitrogen and oxygen atoms in total. The van der Waals surface area contributed by atoms with Gasteiger partial charge in [0.05, 0.1) is 19.3 Å². The molecular weight excluding hydrogens is 200 g/mol. The van der Waals surface area contributed by atoms with E-state index in [9.17, 15) is 0 Å². The Morgan fingerprint density at radius 3 is 3.00 bits per heavy atom. The van der Waals surface area contributed by atoms with E-state index in [1.54, 1.807) is 0 Å². The number of rotatable bonds is 6. The van der Waals surface area contributed by atoms with E-state index in [0.717, 1.165) is 39.0 Å². The highest BCUT2D eigenvalue weighted by molar-refractivity contribution is 4.99. The summed E-state index contributed by atoms with van der Waals surface area (Å²) in [7, 11) is 0. The molecule has 92 valence electrons. The van der Waals surface area contributed by atoms with Gasteiger partial charge in [-0.3, -0.25) is 0 Å². The van der Waals surface area contributed by atoms with Gasteiger partial charge in [0.1, 0.15) is 0 Å². The summed E-state index contributed by atoms with van der Waals surface area (Å²) in [5.74, 6) is 2.81. The van der Waals surface area contributed by atoms with Gasteiger partial charge in [-0.15, -0.1) is 6.42 Å². The van der Waals surface area contributed by atoms with E-state index in [2.05, 4.69) is 30.4 Å². The van der Waals surface area contributed by atoms with Crippen molar-refractivity contribution in [3.63, 3.8) is 0 Å². The van der Waals surface area contributed by atoms with E-state index in [1.165, 1.54) is 0 Å². The molecule has 1 aliphatic rings. The molecule has 3 unspecified atom stereocenters. The topological polar surface area (TPSA) is 33.3 Å². The molecule has 0 aliphatic carbocycles. The van der Waals surface area contributed by atoms with Crippen LogP contribution in [0.1, 0.15) is 33.1 Å². The summed E-state index contributed by atoms with van der Waals surface area (Å²) in [5.41, 5.74) is 0. The van der Waals surface area contributed by atoms with Crippen LogP contribution in [0.2, 0.25) is 0 Å². The first-order valence-corrected chi connectivity index (χ1v) is 6.29. The summed E-state index contributed by atoms with van der Waals surface area (Å²) in [6.07, 6.45) is 8.73. The van der Waals surface area contributed by atoms with Gasteiger partial charge in [-0.05, 0) is 19.8 Å². The largest absolute Gasteiger partial charge is 0.379 e. The van der Waals surface area contributed by atoms with Crippen LogP contribution in [0.4, 0.5) is 0 Å². The highest BCUT2D eigenvalue weighted by atomic mass is 16.5. The Labute approximate surface area is 99.3 Å². The number of morpholine rings is 1. The Morgan fingerprint density at radius 1 is 1.62 bits per heavy atom. The maximum atomic E-state index is 5.49. The van der Waals surface area contributed by atoms with E-state index < -0.39 is 0 Å². The van der Waals surface area contributed by atoms with Crippen molar-refractivity contribution in [1.82, 2.24) is 10.6 Å². The second kappa shape index (κ2) is 7.67. The zero-order valence-electron chi connectivity index (χ0n) is 10.5. The maximum Gasteiger partial charge on any atom is 0.0688 e. The second-order valence-corrected chi connectivity index (χ2v) is 4.54. The molecule has 1 fully saturated rings. The van der Waals surface area contributed by atoms with Crippen LogP contribution >= 0.6 is 0 Å². The Balaban J connectivity index is 2.22. The van der Waals surface area contributed by atoms with Gasteiger partial charge in [0.25, 0.3) is 0 Å². The van der Waals surface area contributed by atoms with Crippen molar-refractivity contribution >= 4 is 0 Å². The smallest absolute Gasteiger partial charge is 0.0688 e. The fraction of sp³-hybridized carbons (Fsp3) is 0.846. The standard InChI is InChI=1S/C13H24N2O/c1-4-6-12(5-2)15-11(3)9-13-10-16-8-7-14-13/h2,11-15H,4,6-10H2,1,3H3. The Hall–Kier alpha value is -0.560. The quantitative estimate of drug-likeness (QED) is 0.664. The highest BCUT2D eigenvalue weighted by Crippen LogP contribution is 2.05. The van der Waals surface area contributed by atoms with E-state index in [-0.39, 0.29) is 6.04 Å². The summed E-state index contributed by atoms with van der Waals surface area (Å²) >= 11 is 0. The zero-order chi connectivity index (χ0) is 11.8. The monoisotopic (exact) mass is 224 g/mol. The molecule has 2 N–H and O–H groups in total. The predicted molar refractivity (Wildman–Crippen MR) is 67.4 cm³/mol. The van der Waals surface area contributed by atoms with Crippen LogP contribution < -0.4 is 10.6 Å². The van der Waals surface area contributed by atoms with E-state index in [0.29, 0.717) is 12.1 Å². The number of ether oxygens (including phenoxy) is 1. The number of nitrogens with one attached hydrogen (secondary N) is 2. The van der Waals surface area contributed by atoms with Gasteiger partial charge in [0, 0.05) is 18.6 Å². The van der Waals surface area contributed by atoms with Gasteiger partial charge in [-0.2, -0.15) is 0 Å². The van der Waals surface area contributed by atoms with E-state index >= 15 is 0 Å². The normalized spacial score (nSPS) is 24.7. The molecule has 0 aromatic rings. The molecule has 1 heterocycles. The SMILES string of the molecule is C#CC(CCC)NC(C)CC1COCCN1. The molecule has 1 rings (SSSR count). The zero-order valence-corrected chi connectivity index (χ0v) is 10.5. The molecule has 0 bridgehead atoms. The summed E-state index contributed by atoms with van der Waals surface area (Å²) in [5, 5.41) is 6.94. The van der Waals surface area contributed by atoms with Crippen molar-refractivity contribution in [3.05, 3.63) is 0 Å². The van der Waals surface area contributed by atoms with Crippen molar-refractivity contribution in [2.75, 3.05) is 19.8 Å². The van der Waals surface area contributed by atoms with Crippen LogP contribution in [-0.2, 0) is 4.74 Å². The fourth-order valence-corrected chi connectivity index (χ4v) is 2.11. The minimum absolute atomic E-state index is 0.213. The molecule has 0 radical (unpaired) electrons. The summed E-state index contributed by atoms with van der Waals surface area (Å²) in [6.45, 7) is 6.97. The maximum absolute atomic E-state index is 5.49. The first-order valence-electron chi connectivity index (χ1n) is 6.29. The third-order valence-electron chi connectivity index (χ3n) is 2.90. The third-order valence-corrected chi connectivity index (χ3v) is 2.90. The molecule has 0 saturated carbocycles. The van der Waals surface area contributed by atoms with Crippen LogP contribution in [0.3, 0.4) is 0 Å². The summed E-state index contributed by atoms with van der Waals surface area (Å²) in [4.78, 5) is 0. The molecule has 3 atom stereocenters. The molecule has 16 heavy (non-hydrogen) atoms. The average Bonchev–Trinajstić information content (AvgIpc) is 2.29. The Kier molecular flexibility index (Phi) is 6.47. The number of terminal acetylenes is 1. The second-order valence-electron chi connectivity index (χ2n) is 4.54. The minimum Gasteiger partial charge on any atom is -0.379 e. The van der Waals surface area contributed by atoms with Crippen LogP contribution in [0.5, 0.6) is 0 Å². The first kappa shape index (κ1) is 13.5. The van der Waals surface area contributed by atoms with Gasteiger partial charge in [0.2, 0.25) is 0 Å². The number of hydrogen-bond acceptors (Lipinski definition) is 3.